The lowest BCUT2D eigenvalue weighted by Gasteiger charge is -2.27. The zero-order chi connectivity index (χ0) is 12.4. The highest BCUT2D eigenvalue weighted by Crippen LogP contribution is 2.31. The second-order valence-electron chi connectivity index (χ2n) is 3.68. The Kier molecular flexibility index (Phi) is 2.99. The normalized spacial score (nSPS) is 14.2. The first-order valence-corrected chi connectivity index (χ1v) is 5.24. The summed E-state index contributed by atoms with van der Waals surface area (Å²) in [6, 6.07) is 5.05. The molecule has 0 spiro atoms. The molecule has 1 aromatic carbocycles. The predicted octanol–water partition coefficient (Wildman–Crippen LogP) is 1.85. The molecule has 0 atom stereocenters. The highest BCUT2D eigenvalue weighted by molar-refractivity contribution is 6.07. The van der Waals surface area contributed by atoms with Crippen LogP contribution in [-0.2, 0) is 4.74 Å². The summed E-state index contributed by atoms with van der Waals surface area (Å²) in [5.74, 6) is 0.634. The summed E-state index contributed by atoms with van der Waals surface area (Å²) in [7, 11) is 2.85. The van der Waals surface area contributed by atoms with Crippen molar-refractivity contribution >= 4 is 17.6 Å². The Morgan fingerprint density at radius 3 is 2.76 bits per heavy atom. The minimum absolute atomic E-state index is 0.0304. The van der Waals surface area contributed by atoms with Gasteiger partial charge in [0.1, 0.15) is 5.75 Å². The molecule has 0 aliphatic carbocycles. The van der Waals surface area contributed by atoms with Crippen LogP contribution < -0.4 is 9.64 Å². The van der Waals surface area contributed by atoms with E-state index >= 15 is 0 Å². The van der Waals surface area contributed by atoms with Crippen molar-refractivity contribution in [2.45, 2.75) is 6.42 Å². The summed E-state index contributed by atoms with van der Waals surface area (Å²) in [5.41, 5.74) is 1.08. The maximum absolute atomic E-state index is 11.7. The van der Waals surface area contributed by atoms with Crippen LogP contribution in [0.5, 0.6) is 5.75 Å². The molecule has 0 bridgehead atoms. The standard InChI is InChI=1S/C12H13NO4/c1-16-8-3-4-9-10(7-8)13(12(15)17-2)6-5-11(9)14/h3-4,7H,5-6H2,1-2H3. The van der Waals surface area contributed by atoms with Crippen molar-refractivity contribution < 1.29 is 19.1 Å². The highest BCUT2D eigenvalue weighted by atomic mass is 16.5. The van der Waals surface area contributed by atoms with Crippen molar-refractivity contribution in [1.29, 1.82) is 0 Å². The van der Waals surface area contributed by atoms with Gasteiger partial charge in [0.05, 0.1) is 19.9 Å². The van der Waals surface area contributed by atoms with Gasteiger partial charge in [-0.3, -0.25) is 9.69 Å². The van der Waals surface area contributed by atoms with Gasteiger partial charge in [0.15, 0.2) is 5.78 Å². The second-order valence-corrected chi connectivity index (χ2v) is 3.68. The van der Waals surface area contributed by atoms with E-state index in [0.29, 0.717) is 30.0 Å². The predicted molar refractivity (Wildman–Crippen MR) is 61.7 cm³/mol. The van der Waals surface area contributed by atoms with Gasteiger partial charge in [-0.25, -0.2) is 4.79 Å². The number of carbonyl (C=O) groups excluding carboxylic acids is 2. The van der Waals surface area contributed by atoms with E-state index < -0.39 is 6.09 Å². The third-order valence-electron chi connectivity index (χ3n) is 2.75. The van der Waals surface area contributed by atoms with Crippen molar-refractivity contribution in [3.05, 3.63) is 23.8 Å². The van der Waals surface area contributed by atoms with Gasteiger partial charge < -0.3 is 9.47 Å². The second kappa shape index (κ2) is 4.45. The Hall–Kier alpha value is -2.04. The number of anilines is 1. The molecule has 0 radical (unpaired) electrons. The number of hydrogen-bond acceptors (Lipinski definition) is 4. The van der Waals surface area contributed by atoms with Crippen LogP contribution in [0, 0.1) is 0 Å². The summed E-state index contributed by atoms with van der Waals surface area (Å²) in [4.78, 5) is 24.8. The quantitative estimate of drug-likeness (QED) is 0.745. The van der Waals surface area contributed by atoms with Gasteiger partial charge in [-0.1, -0.05) is 0 Å². The number of ether oxygens (including phenoxy) is 2. The average molecular weight is 235 g/mol. The lowest BCUT2D eigenvalue weighted by atomic mass is 10.0. The summed E-state index contributed by atoms with van der Waals surface area (Å²) in [6.07, 6.45) is -0.152. The van der Waals surface area contributed by atoms with Crippen LogP contribution in [0.15, 0.2) is 18.2 Å². The van der Waals surface area contributed by atoms with Gasteiger partial charge in [0, 0.05) is 24.6 Å². The van der Waals surface area contributed by atoms with Gasteiger partial charge in [-0.05, 0) is 12.1 Å². The number of ketones is 1. The summed E-state index contributed by atoms with van der Waals surface area (Å²) in [6.45, 7) is 0.339. The lowest BCUT2D eigenvalue weighted by molar-refractivity contribution is 0.0979. The molecule has 1 amide bonds. The summed E-state index contributed by atoms with van der Waals surface area (Å²) in [5, 5.41) is 0. The zero-order valence-corrected chi connectivity index (χ0v) is 9.73. The number of nitrogens with zero attached hydrogens (tertiary/aromatic N) is 1. The Labute approximate surface area is 98.9 Å². The van der Waals surface area contributed by atoms with E-state index in [-0.39, 0.29) is 5.78 Å². The molecular weight excluding hydrogens is 222 g/mol. The van der Waals surface area contributed by atoms with E-state index in [1.165, 1.54) is 19.1 Å². The van der Waals surface area contributed by atoms with Crippen molar-refractivity contribution in [3.8, 4) is 5.75 Å². The number of fused-ring (bicyclic) bond motifs is 1. The van der Waals surface area contributed by atoms with E-state index in [4.69, 9.17) is 9.47 Å². The van der Waals surface area contributed by atoms with Crippen molar-refractivity contribution in [3.63, 3.8) is 0 Å². The molecule has 1 aromatic rings. The summed E-state index contributed by atoms with van der Waals surface area (Å²) < 4.78 is 9.78. The molecule has 1 aliphatic heterocycles. The van der Waals surface area contributed by atoms with E-state index in [1.54, 1.807) is 18.2 Å². The fourth-order valence-electron chi connectivity index (χ4n) is 1.87. The largest absolute Gasteiger partial charge is 0.497 e. The van der Waals surface area contributed by atoms with E-state index in [2.05, 4.69) is 0 Å². The molecule has 0 saturated carbocycles. The molecule has 0 fully saturated rings. The Bertz CT molecular complexity index is 470. The Balaban J connectivity index is 2.48. The number of benzene rings is 1. The molecule has 90 valence electrons. The van der Waals surface area contributed by atoms with Crippen molar-refractivity contribution in [2.75, 3.05) is 25.7 Å². The number of carbonyl (C=O) groups is 2. The van der Waals surface area contributed by atoms with Crippen molar-refractivity contribution in [2.24, 2.45) is 0 Å². The number of rotatable bonds is 1. The van der Waals surface area contributed by atoms with Gasteiger partial charge >= 0.3 is 6.09 Å². The molecule has 0 saturated heterocycles. The first-order chi connectivity index (χ1) is 8.17. The van der Waals surface area contributed by atoms with E-state index in [0.717, 1.165) is 0 Å². The van der Waals surface area contributed by atoms with Crippen LogP contribution in [0.4, 0.5) is 10.5 Å². The molecule has 17 heavy (non-hydrogen) atoms. The first kappa shape index (κ1) is 11.4. The third kappa shape index (κ3) is 1.95. The maximum atomic E-state index is 11.7. The van der Waals surface area contributed by atoms with Crippen LogP contribution in [0.25, 0.3) is 0 Å². The lowest BCUT2D eigenvalue weighted by Crippen LogP contribution is -2.37. The smallest absolute Gasteiger partial charge is 0.414 e. The number of methoxy groups -OCH3 is 2. The minimum Gasteiger partial charge on any atom is -0.497 e. The van der Waals surface area contributed by atoms with E-state index in [9.17, 15) is 9.59 Å². The van der Waals surface area contributed by atoms with Crippen LogP contribution >= 0.6 is 0 Å². The van der Waals surface area contributed by atoms with Crippen LogP contribution in [0.1, 0.15) is 16.8 Å². The fourth-order valence-corrected chi connectivity index (χ4v) is 1.87. The maximum Gasteiger partial charge on any atom is 0.414 e. The molecule has 2 rings (SSSR count). The fraction of sp³-hybridized carbons (Fsp3) is 0.333. The SMILES string of the molecule is COC(=O)N1CCC(=O)c2ccc(OC)cc21. The Morgan fingerprint density at radius 1 is 1.35 bits per heavy atom. The van der Waals surface area contributed by atoms with Gasteiger partial charge in [-0.15, -0.1) is 0 Å². The van der Waals surface area contributed by atoms with Crippen LogP contribution in [0.3, 0.4) is 0 Å². The summed E-state index contributed by atoms with van der Waals surface area (Å²) >= 11 is 0. The minimum atomic E-state index is -0.466. The first-order valence-electron chi connectivity index (χ1n) is 5.24. The van der Waals surface area contributed by atoms with Crippen LogP contribution in [0.2, 0.25) is 0 Å². The van der Waals surface area contributed by atoms with Crippen molar-refractivity contribution in [1.82, 2.24) is 0 Å². The molecule has 0 aromatic heterocycles. The molecule has 5 heteroatoms. The van der Waals surface area contributed by atoms with E-state index in [1.807, 2.05) is 0 Å². The third-order valence-corrected chi connectivity index (χ3v) is 2.75. The molecular formula is C12H13NO4. The molecule has 0 N–H and O–H groups in total. The topological polar surface area (TPSA) is 55.8 Å². The highest BCUT2D eigenvalue weighted by Gasteiger charge is 2.28. The molecule has 0 unspecified atom stereocenters. The Morgan fingerprint density at radius 2 is 2.12 bits per heavy atom. The average Bonchev–Trinajstić information content (AvgIpc) is 2.38. The monoisotopic (exact) mass is 235 g/mol. The number of Topliss-reactive ketones (excluding diaryl/α,β-unsaturated/α-hetero) is 1. The number of amides is 1. The van der Waals surface area contributed by atoms with Gasteiger partial charge in [-0.2, -0.15) is 0 Å². The molecule has 1 aliphatic rings. The van der Waals surface area contributed by atoms with Gasteiger partial charge in [0.25, 0.3) is 0 Å². The molecule has 1 heterocycles. The molecule has 5 nitrogen and oxygen atoms in total. The zero-order valence-electron chi connectivity index (χ0n) is 9.73. The van der Waals surface area contributed by atoms with Gasteiger partial charge in [0.2, 0.25) is 0 Å². The number of hydrogen-bond donors (Lipinski definition) is 0. The van der Waals surface area contributed by atoms with Crippen LogP contribution in [-0.4, -0.2) is 32.6 Å².